The number of alkyl carbamates (subject to hydrolysis) is 1. The van der Waals surface area contributed by atoms with Crippen molar-refractivity contribution in [1.82, 2.24) is 5.32 Å². The van der Waals surface area contributed by atoms with E-state index in [9.17, 15) is 14.4 Å². The van der Waals surface area contributed by atoms with E-state index in [2.05, 4.69) is 5.32 Å². The van der Waals surface area contributed by atoms with Gasteiger partial charge in [0.2, 0.25) is 0 Å². The molecule has 1 N–H and O–H groups in total. The fourth-order valence-corrected chi connectivity index (χ4v) is 2.14. The Morgan fingerprint density at radius 3 is 2.33 bits per heavy atom. The molecule has 1 aromatic rings. The quantitative estimate of drug-likeness (QED) is 0.611. The van der Waals surface area contributed by atoms with Crippen LogP contribution in [0.4, 0.5) is 4.79 Å². The number of ether oxygens (including phenoxy) is 2. The van der Waals surface area contributed by atoms with E-state index in [1.54, 1.807) is 27.7 Å². The summed E-state index contributed by atoms with van der Waals surface area (Å²) in [6, 6.07) is 8.16. The predicted octanol–water partition coefficient (Wildman–Crippen LogP) is 2.50. The Hall–Kier alpha value is -2.37. The first-order valence-electron chi connectivity index (χ1n) is 7.92. The van der Waals surface area contributed by atoms with E-state index in [4.69, 9.17) is 9.47 Å². The number of hydrogen-bond acceptors (Lipinski definition) is 5. The molecule has 6 nitrogen and oxygen atoms in total. The number of hydrogen-bond donors (Lipinski definition) is 1. The number of amides is 1. The van der Waals surface area contributed by atoms with Gasteiger partial charge in [0.05, 0.1) is 6.61 Å². The monoisotopic (exact) mass is 335 g/mol. The summed E-state index contributed by atoms with van der Waals surface area (Å²) in [5.74, 6) is -1.41. The molecule has 0 saturated carbocycles. The summed E-state index contributed by atoms with van der Waals surface area (Å²) in [6.07, 6.45) is 0.204. The number of rotatable bonds is 7. The van der Waals surface area contributed by atoms with E-state index in [-0.39, 0.29) is 6.61 Å². The van der Waals surface area contributed by atoms with Crippen LogP contribution in [0.5, 0.6) is 0 Å². The van der Waals surface area contributed by atoms with Gasteiger partial charge in [-0.2, -0.15) is 0 Å². The van der Waals surface area contributed by atoms with Gasteiger partial charge in [-0.25, -0.2) is 9.59 Å². The van der Waals surface area contributed by atoms with Crippen LogP contribution in [0.25, 0.3) is 0 Å². The Morgan fingerprint density at radius 1 is 1.21 bits per heavy atom. The van der Waals surface area contributed by atoms with Crippen LogP contribution < -0.4 is 5.32 Å². The van der Waals surface area contributed by atoms with Gasteiger partial charge in [-0.05, 0) is 39.7 Å². The summed E-state index contributed by atoms with van der Waals surface area (Å²) in [4.78, 5) is 35.7. The van der Waals surface area contributed by atoms with Gasteiger partial charge in [0.15, 0.2) is 0 Å². The molecule has 0 fully saturated rings. The number of aldehydes is 1. The molecule has 1 amide bonds. The highest BCUT2D eigenvalue weighted by atomic mass is 16.6. The largest absolute Gasteiger partial charge is 0.464 e. The normalized spacial score (nSPS) is 13.5. The Balaban J connectivity index is 2.91. The van der Waals surface area contributed by atoms with Crippen LogP contribution in [-0.4, -0.2) is 36.6 Å². The summed E-state index contributed by atoms with van der Waals surface area (Å²) in [5, 5.41) is 2.46. The molecule has 0 radical (unpaired) electrons. The highest BCUT2D eigenvalue weighted by molar-refractivity contribution is 5.84. The topological polar surface area (TPSA) is 81.7 Å². The average Bonchev–Trinajstić information content (AvgIpc) is 2.50. The first-order valence-corrected chi connectivity index (χ1v) is 7.92. The van der Waals surface area contributed by atoms with Crippen LogP contribution >= 0.6 is 0 Å². The molecule has 6 heteroatoms. The van der Waals surface area contributed by atoms with Crippen LogP contribution in [0, 0.1) is 5.92 Å². The minimum atomic E-state index is -1.10. The molecule has 0 bridgehead atoms. The van der Waals surface area contributed by atoms with Crippen LogP contribution in [-0.2, 0) is 25.5 Å². The second-order valence-electron chi connectivity index (χ2n) is 6.37. The van der Waals surface area contributed by atoms with E-state index >= 15 is 0 Å². The lowest BCUT2D eigenvalue weighted by atomic mass is 9.93. The molecule has 0 aliphatic carbocycles. The number of nitrogens with one attached hydrogen (secondary N) is 1. The van der Waals surface area contributed by atoms with Gasteiger partial charge in [0, 0.05) is 5.92 Å². The van der Waals surface area contributed by atoms with Crippen LogP contribution in [0.3, 0.4) is 0 Å². The highest BCUT2D eigenvalue weighted by Gasteiger charge is 2.32. The van der Waals surface area contributed by atoms with Crippen molar-refractivity contribution >= 4 is 18.3 Å². The van der Waals surface area contributed by atoms with E-state index < -0.39 is 29.6 Å². The van der Waals surface area contributed by atoms with Crippen molar-refractivity contribution in [3.05, 3.63) is 35.9 Å². The summed E-state index contributed by atoms with van der Waals surface area (Å²) < 4.78 is 10.2. The minimum Gasteiger partial charge on any atom is -0.464 e. The van der Waals surface area contributed by atoms with Gasteiger partial charge in [0.1, 0.15) is 17.9 Å². The molecule has 132 valence electrons. The standard InChI is InChI=1S/C18H25NO5/c1-5-23-16(21)15(19-17(22)24-18(2,3)4)14(12-20)11-13-9-7-6-8-10-13/h6-10,12,14-15H,5,11H2,1-4H3,(H,19,22)/t14-,15-/m0/s1. The van der Waals surface area contributed by atoms with Crippen molar-refractivity contribution in [2.75, 3.05) is 6.61 Å². The second kappa shape index (κ2) is 9.05. The van der Waals surface area contributed by atoms with Crippen LogP contribution in [0.2, 0.25) is 0 Å². The maximum Gasteiger partial charge on any atom is 0.408 e. The van der Waals surface area contributed by atoms with Gasteiger partial charge in [-0.3, -0.25) is 0 Å². The molecule has 0 spiro atoms. The van der Waals surface area contributed by atoms with E-state index in [0.717, 1.165) is 5.56 Å². The van der Waals surface area contributed by atoms with Gasteiger partial charge >= 0.3 is 12.1 Å². The minimum absolute atomic E-state index is 0.155. The maximum atomic E-state index is 12.2. The average molecular weight is 335 g/mol. The second-order valence-corrected chi connectivity index (χ2v) is 6.37. The predicted molar refractivity (Wildman–Crippen MR) is 89.5 cm³/mol. The molecule has 24 heavy (non-hydrogen) atoms. The van der Waals surface area contributed by atoms with Crippen molar-refractivity contribution in [2.45, 2.75) is 45.8 Å². The van der Waals surface area contributed by atoms with Gasteiger partial charge in [-0.15, -0.1) is 0 Å². The molecule has 0 heterocycles. The molecule has 1 aromatic carbocycles. The Morgan fingerprint density at radius 2 is 1.83 bits per heavy atom. The van der Waals surface area contributed by atoms with Crippen molar-refractivity contribution in [3.8, 4) is 0 Å². The lowest BCUT2D eigenvalue weighted by Crippen LogP contribution is -2.49. The molecule has 0 saturated heterocycles. The van der Waals surface area contributed by atoms with Gasteiger partial charge in [0.25, 0.3) is 0 Å². The summed E-state index contributed by atoms with van der Waals surface area (Å²) in [6.45, 7) is 6.96. The lowest BCUT2D eigenvalue weighted by molar-refractivity contribution is -0.148. The van der Waals surface area contributed by atoms with E-state index in [1.165, 1.54) is 0 Å². The number of esters is 1. The zero-order valence-electron chi connectivity index (χ0n) is 14.6. The molecular weight excluding hydrogens is 310 g/mol. The van der Waals surface area contributed by atoms with Crippen molar-refractivity contribution in [3.63, 3.8) is 0 Å². The first-order chi connectivity index (χ1) is 11.3. The molecule has 0 aliphatic rings. The Bertz CT molecular complexity index is 550. The number of carbonyl (C=O) groups is 3. The van der Waals surface area contributed by atoms with Crippen molar-refractivity contribution in [2.24, 2.45) is 5.92 Å². The van der Waals surface area contributed by atoms with Crippen molar-refractivity contribution < 1.29 is 23.9 Å². The third-order valence-electron chi connectivity index (χ3n) is 3.13. The van der Waals surface area contributed by atoms with Crippen LogP contribution in [0.15, 0.2) is 30.3 Å². The first kappa shape index (κ1) is 19.7. The zero-order valence-corrected chi connectivity index (χ0v) is 14.6. The third kappa shape index (κ3) is 6.81. The Kier molecular flexibility index (Phi) is 7.42. The molecule has 0 unspecified atom stereocenters. The molecular formula is C18H25NO5. The fourth-order valence-electron chi connectivity index (χ4n) is 2.14. The SMILES string of the molecule is CCOC(=O)[C@@H](NC(=O)OC(C)(C)C)[C@H](C=O)Cc1ccccc1. The number of carbonyl (C=O) groups excluding carboxylic acids is 3. The lowest BCUT2D eigenvalue weighted by Gasteiger charge is -2.25. The van der Waals surface area contributed by atoms with E-state index in [1.807, 2.05) is 30.3 Å². The summed E-state index contributed by atoms with van der Waals surface area (Å²) in [5.41, 5.74) is 0.175. The molecule has 1 rings (SSSR count). The molecule has 0 aliphatic heterocycles. The molecule has 0 aromatic heterocycles. The zero-order chi connectivity index (χ0) is 18.2. The Labute approximate surface area is 142 Å². The van der Waals surface area contributed by atoms with Crippen LogP contribution in [0.1, 0.15) is 33.3 Å². The van der Waals surface area contributed by atoms with E-state index in [0.29, 0.717) is 12.7 Å². The summed E-state index contributed by atoms with van der Waals surface area (Å²) >= 11 is 0. The molecule has 2 atom stereocenters. The van der Waals surface area contributed by atoms with Gasteiger partial charge < -0.3 is 19.6 Å². The third-order valence-corrected chi connectivity index (χ3v) is 3.13. The number of benzene rings is 1. The maximum absolute atomic E-state index is 12.2. The highest BCUT2D eigenvalue weighted by Crippen LogP contribution is 2.14. The summed E-state index contributed by atoms with van der Waals surface area (Å²) in [7, 11) is 0. The van der Waals surface area contributed by atoms with Gasteiger partial charge in [-0.1, -0.05) is 30.3 Å². The smallest absolute Gasteiger partial charge is 0.408 e. The van der Waals surface area contributed by atoms with Crippen molar-refractivity contribution in [1.29, 1.82) is 0 Å². The fraction of sp³-hybridized carbons (Fsp3) is 0.500.